The van der Waals surface area contributed by atoms with Gasteiger partial charge >= 0.3 is 0 Å². The summed E-state index contributed by atoms with van der Waals surface area (Å²) in [6.07, 6.45) is 9.44. The Kier molecular flexibility index (Phi) is 5.40. The number of aryl methyl sites for hydroxylation is 1. The summed E-state index contributed by atoms with van der Waals surface area (Å²) in [4.78, 5) is 2.50. The second kappa shape index (κ2) is 7.06. The molecule has 1 heterocycles. The largest absolute Gasteiger partial charge is 0.314 e. The zero-order valence-corrected chi connectivity index (χ0v) is 12.6. The van der Waals surface area contributed by atoms with Gasteiger partial charge in [-0.3, -0.25) is 9.58 Å². The van der Waals surface area contributed by atoms with Gasteiger partial charge in [-0.25, -0.2) is 0 Å². The number of rotatable bonds is 6. The maximum Gasteiger partial charge on any atom is 0.0534 e. The highest BCUT2D eigenvalue weighted by atomic mass is 15.3. The summed E-state index contributed by atoms with van der Waals surface area (Å²) in [7, 11) is 2.25. The Bertz CT molecular complexity index is 366. The molecule has 2 rings (SSSR count). The van der Waals surface area contributed by atoms with Gasteiger partial charge in [-0.05, 0) is 46.2 Å². The number of nitrogens with zero attached hydrogens (tertiary/aromatic N) is 3. The third-order valence-corrected chi connectivity index (χ3v) is 4.26. The Labute approximate surface area is 117 Å². The van der Waals surface area contributed by atoms with E-state index in [1.807, 2.05) is 10.9 Å². The highest BCUT2D eigenvalue weighted by Gasteiger charge is 2.23. The minimum absolute atomic E-state index is 0.736. The van der Waals surface area contributed by atoms with Gasteiger partial charge in [0, 0.05) is 36.9 Å². The van der Waals surface area contributed by atoms with Gasteiger partial charge < -0.3 is 5.32 Å². The zero-order valence-electron chi connectivity index (χ0n) is 12.6. The lowest BCUT2D eigenvalue weighted by Gasteiger charge is -2.34. The van der Waals surface area contributed by atoms with Crippen molar-refractivity contribution in [2.45, 2.75) is 64.7 Å². The van der Waals surface area contributed by atoms with Crippen LogP contribution in [0.4, 0.5) is 0 Å². The predicted octanol–water partition coefficient (Wildman–Crippen LogP) is 2.26. The van der Waals surface area contributed by atoms with E-state index in [4.69, 9.17) is 0 Å². The number of nitrogens with one attached hydrogen (secondary N) is 1. The molecule has 0 spiro atoms. The fourth-order valence-electron chi connectivity index (χ4n) is 3.09. The summed E-state index contributed by atoms with van der Waals surface area (Å²) in [6.45, 7) is 7.40. The van der Waals surface area contributed by atoms with Crippen LogP contribution in [0.25, 0.3) is 0 Å². The van der Waals surface area contributed by atoms with Gasteiger partial charge in [-0.2, -0.15) is 5.10 Å². The first-order valence-corrected chi connectivity index (χ1v) is 7.67. The minimum Gasteiger partial charge on any atom is -0.314 e. The van der Waals surface area contributed by atoms with E-state index in [0.717, 1.165) is 31.7 Å². The molecule has 0 bridgehead atoms. The molecule has 4 nitrogen and oxygen atoms in total. The topological polar surface area (TPSA) is 33.1 Å². The number of hydrogen-bond acceptors (Lipinski definition) is 3. The molecule has 0 saturated heterocycles. The summed E-state index contributed by atoms with van der Waals surface area (Å²) in [5.41, 5.74) is 1.33. The van der Waals surface area contributed by atoms with Crippen LogP contribution in [0.15, 0.2) is 12.4 Å². The van der Waals surface area contributed by atoms with Gasteiger partial charge in [0.1, 0.15) is 0 Å². The average Bonchev–Trinajstić information content (AvgIpc) is 2.87. The lowest BCUT2D eigenvalue weighted by molar-refractivity contribution is 0.168. The van der Waals surface area contributed by atoms with Crippen LogP contribution in [-0.2, 0) is 13.1 Å². The van der Waals surface area contributed by atoms with Crippen molar-refractivity contribution in [2.75, 3.05) is 13.6 Å². The summed E-state index contributed by atoms with van der Waals surface area (Å²) < 4.78 is 2.01. The molecule has 1 fully saturated rings. The van der Waals surface area contributed by atoms with Gasteiger partial charge in [0.25, 0.3) is 0 Å². The van der Waals surface area contributed by atoms with Crippen LogP contribution in [0, 0.1) is 0 Å². The van der Waals surface area contributed by atoms with E-state index >= 15 is 0 Å². The first kappa shape index (κ1) is 14.5. The standard InChI is InChI=1S/C15H28N4/c1-4-16-14-6-8-15(9-7-14)18(3)11-13-10-17-19(5-2)12-13/h10,12,14-16H,4-9,11H2,1-3H3. The normalized spacial score (nSPS) is 24.0. The second-order valence-electron chi connectivity index (χ2n) is 5.68. The van der Waals surface area contributed by atoms with E-state index in [1.165, 1.54) is 31.2 Å². The van der Waals surface area contributed by atoms with Gasteiger partial charge in [0.05, 0.1) is 6.20 Å². The van der Waals surface area contributed by atoms with Crippen LogP contribution in [-0.4, -0.2) is 40.4 Å². The van der Waals surface area contributed by atoms with Gasteiger partial charge in [0.15, 0.2) is 0 Å². The second-order valence-corrected chi connectivity index (χ2v) is 5.68. The molecule has 19 heavy (non-hydrogen) atoms. The maximum atomic E-state index is 4.35. The smallest absolute Gasteiger partial charge is 0.0534 e. The lowest BCUT2D eigenvalue weighted by Crippen LogP contribution is -2.40. The fourth-order valence-corrected chi connectivity index (χ4v) is 3.09. The first-order valence-electron chi connectivity index (χ1n) is 7.67. The highest BCUT2D eigenvalue weighted by molar-refractivity contribution is 5.04. The Balaban J connectivity index is 1.79. The number of hydrogen-bond donors (Lipinski definition) is 1. The molecule has 0 aliphatic heterocycles. The van der Waals surface area contributed by atoms with Gasteiger partial charge in [-0.15, -0.1) is 0 Å². The Morgan fingerprint density at radius 2 is 2.05 bits per heavy atom. The predicted molar refractivity (Wildman–Crippen MR) is 79.1 cm³/mol. The van der Waals surface area contributed by atoms with Crippen LogP contribution >= 0.6 is 0 Å². The average molecular weight is 264 g/mol. The van der Waals surface area contributed by atoms with E-state index < -0.39 is 0 Å². The monoisotopic (exact) mass is 264 g/mol. The SMILES string of the molecule is CCNC1CCC(N(C)Cc2cnn(CC)c2)CC1. The molecule has 1 aliphatic rings. The molecule has 1 saturated carbocycles. The van der Waals surface area contributed by atoms with Crippen LogP contribution in [0.3, 0.4) is 0 Å². The fraction of sp³-hybridized carbons (Fsp3) is 0.800. The number of aromatic nitrogens is 2. The Morgan fingerprint density at radius 1 is 1.32 bits per heavy atom. The van der Waals surface area contributed by atoms with Crippen molar-refractivity contribution in [1.29, 1.82) is 0 Å². The lowest BCUT2D eigenvalue weighted by atomic mass is 9.90. The van der Waals surface area contributed by atoms with Crippen molar-refractivity contribution < 1.29 is 0 Å². The quantitative estimate of drug-likeness (QED) is 0.855. The van der Waals surface area contributed by atoms with E-state index in [2.05, 4.69) is 42.4 Å². The summed E-state index contributed by atoms with van der Waals surface area (Å²) in [5.74, 6) is 0. The van der Waals surface area contributed by atoms with Crippen LogP contribution in [0.2, 0.25) is 0 Å². The minimum atomic E-state index is 0.736. The molecule has 1 aromatic rings. The van der Waals surface area contributed by atoms with Crippen LogP contribution in [0.1, 0.15) is 45.1 Å². The molecule has 1 aliphatic carbocycles. The third-order valence-electron chi connectivity index (χ3n) is 4.26. The van der Waals surface area contributed by atoms with Crippen molar-refractivity contribution in [2.24, 2.45) is 0 Å². The first-order chi connectivity index (χ1) is 9.22. The Hall–Kier alpha value is -0.870. The molecule has 0 radical (unpaired) electrons. The van der Waals surface area contributed by atoms with E-state index in [0.29, 0.717) is 0 Å². The van der Waals surface area contributed by atoms with Gasteiger partial charge in [0.2, 0.25) is 0 Å². The molecule has 0 amide bonds. The summed E-state index contributed by atoms with van der Waals surface area (Å²) in [5, 5.41) is 7.92. The molecule has 1 N–H and O–H groups in total. The highest BCUT2D eigenvalue weighted by Crippen LogP contribution is 2.23. The molecular weight excluding hydrogens is 236 g/mol. The molecule has 108 valence electrons. The van der Waals surface area contributed by atoms with Crippen LogP contribution < -0.4 is 5.32 Å². The summed E-state index contributed by atoms with van der Waals surface area (Å²) in [6, 6.07) is 1.48. The van der Waals surface area contributed by atoms with Gasteiger partial charge in [-0.1, -0.05) is 6.92 Å². The maximum absolute atomic E-state index is 4.35. The molecule has 4 heteroatoms. The summed E-state index contributed by atoms with van der Waals surface area (Å²) >= 11 is 0. The molecular formula is C15H28N4. The van der Waals surface area contributed by atoms with Crippen LogP contribution in [0.5, 0.6) is 0 Å². The molecule has 0 aromatic carbocycles. The van der Waals surface area contributed by atoms with E-state index in [1.54, 1.807) is 0 Å². The van der Waals surface area contributed by atoms with Crippen molar-refractivity contribution in [3.63, 3.8) is 0 Å². The van der Waals surface area contributed by atoms with Crippen molar-refractivity contribution in [3.8, 4) is 0 Å². The molecule has 1 aromatic heterocycles. The molecule has 0 atom stereocenters. The zero-order chi connectivity index (χ0) is 13.7. The molecule has 0 unspecified atom stereocenters. The Morgan fingerprint density at radius 3 is 2.63 bits per heavy atom. The third kappa shape index (κ3) is 4.05. The van der Waals surface area contributed by atoms with E-state index in [9.17, 15) is 0 Å². The van der Waals surface area contributed by atoms with Crippen molar-refractivity contribution >= 4 is 0 Å². The van der Waals surface area contributed by atoms with E-state index in [-0.39, 0.29) is 0 Å². The van der Waals surface area contributed by atoms with Crippen molar-refractivity contribution in [1.82, 2.24) is 20.0 Å². The van der Waals surface area contributed by atoms with Crippen molar-refractivity contribution in [3.05, 3.63) is 18.0 Å².